The van der Waals surface area contributed by atoms with Gasteiger partial charge in [0.25, 0.3) is 0 Å². The predicted molar refractivity (Wildman–Crippen MR) is 237 cm³/mol. The lowest BCUT2D eigenvalue weighted by atomic mass is 9.86. The second-order valence-corrected chi connectivity index (χ2v) is 15.9. The van der Waals surface area contributed by atoms with Crippen LogP contribution in [0.5, 0.6) is 5.75 Å². The van der Waals surface area contributed by atoms with E-state index in [2.05, 4.69) is 180 Å². The van der Waals surface area contributed by atoms with Crippen molar-refractivity contribution >= 4 is 70.7 Å². The molecule has 270 valence electrons. The van der Waals surface area contributed by atoms with Gasteiger partial charge in [0.2, 0.25) is 0 Å². The van der Waals surface area contributed by atoms with Crippen molar-refractivity contribution < 1.29 is 4.74 Å². The summed E-state index contributed by atoms with van der Waals surface area (Å²) in [5.41, 5.74) is 10.2. The summed E-state index contributed by atoms with van der Waals surface area (Å²) in [6.45, 7) is 0. The average molecular weight is 751 g/mol. The van der Waals surface area contributed by atoms with Gasteiger partial charge >= 0.3 is 0 Å². The number of nitrogens with zero attached hydrogens (tertiary/aromatic N) is 3. The molecular formula is C51H34N4OS. The molecule has 3 unspecified atom stereocenters. The lowest BCUT2D eigenvalue weighted by Crippen LogP contribution is -2.36. The molecule has 57 heavy (non-hydrogen) atoms. The van der Waals surface area contributed by atoms with Crippen LogP contribution in [0.1, 0.15) is 34.3 Å². The third-order valence-corrected chi connectivity index (χ3v) is 12.8. The molecule has 9 aromatic rings. The standard InChI is InChI=1S/C51H34N4OS/c1-3-15-31(16-4-1)49-52-50(32-17-5-2-6-18-32)54-51(53-49)38-24-13-30-44-47(38)46-35(21-12-29-43(46)57-44)36-22-11-23-37-45-41(27-14-28-42(45)56-48(36)37)55-39-25-9-7-19-33(39)34-20-8-10-26-40(34)55/h1-30,42,45,49H,(H,52,53,54). The lowest BCUT2D eigenvalue weighted by Gasteiger charge is -2.24. The van der Waals surface area contributed by atoms with E-state index >= 15 is 0 Å². The van der Waals surface area contributed by atoms with E-state index in [9.17, 15) is 0 Å². The Balaban J connectivity index is 1.03. The zero-order valence-electron chi connectivity index (χ0n) is 30.7. The van der Waals surface area contributed by atoms with Gasteiger partial charge in [0, 0.05) is 58.9 Å². The Bertz CT molecular complexity index is 3150. The maximum atomic E-state index is 7.07. The highest BCUT2D eigenvalue weighted by molar-refractivity contribution is 7.26. The molecule has 3 atom stereocenters. The minimum absolute atomic E-state index is 0.0320. The normalized spacial score (nSPS) is 18.5. The molecule has 1 N–H and O–H groups in total. The largest absolute Gasteiger partial charge is 0.484 e. The highest BCUT2D eigenvalue weighted by Crippen LogP contribution is 2.53. The molecule has 0 saturated heterocycles. The van der Waals surface area contributed by atoms with Crippen molar-refractivity contribution in [2.75, 3.05) is 0 Å². The summed E-state index contributed by atoms with van der Waals surface area (Å²) in [7, 11) is 0. The van der Waals surface area contributed by atoms with Gasteiger partial charge in [0.15, 0.2) is 6.17 Å². The van der Waals surface area contributed by atoms with E-state index in [1.165, 1.54) is 53.2 Å². The van der Waals surface area contributed by atoms with Gasteiger partial charge in [-0.2, -0.15) is 0 Å². The topological polar surface area (TPSA) is 50.9 Å². The zero-order valence-corrected chi connectivity index (χ0v) is 31.5. The van der Waals surface area contributed by atoms with Crippen molar-refractivity contribution in [3.8, 4) is 16.9 Å². The Morgan fingerprint density at radius 2 is 1.18 bits per heavy atom. The number of hydrogen-bond acceptors (Lipinski definition) is 5. The molecule has 6 heteroatoms. The fourth-order valence-corrected chi connectivity index (χ4v) is 10.3. The van der Waals surface area contributed by atoms with E-state index < -0.39 is 0 Å². The third kappa shape index (κ3) is 5.00. The predicted octanol–water partition coefficient (Wildman–Crippen LogP) is 12.3. The zero-order chi connectivity index (χ0) is 37.5. The van der Waals surface area contributed by atoms with Crippen LogP contribution < -0.4 is 10.1 Å². The molecule has 4 heterocycles. The van der Waals surface area contributed by atoms with Crippen LogP contribution in [0.2, 0.25) is 0 Å². The van der Waals surface area contributed by atoms with Crippen LogP contribution in [0.15, 0.2) is 192 Å². The number of hydrogen-bond donors (Lipinski definition) is 1. The number of ether oxygens (including phenoxy) is 1. The minimum atomic E-state index is -0.378. The number of thiophene rings is 1. The molecule has 2 aliphatic heterocycles. The summed E-state index contributed by atoms with van der Waals surface area (Å²) in [6.07, 6.45) is 6.15. The first kappa shape index (κ1) is 32.2. The SMILES string of the molecule is C1=CC2Oc3c(-c4cccc5sc6cccc(C7=NC(c8ccccc8)N=C(c8ccccc8)N7)c6c45)cccc3C2C(n2c3ccccc3c3ccccc32)=C1. The monoisotopic (exact) mass is 750 g/mol. The number of aliphatic imine (C=N–C) groups is 2. The fraction of sp³-hybridized carbons (Fsp3) is 0.0588. The average Bonchev–Trinajstić information content (AvgIpc) is 3.97. The van der Waals surface area contributed by atoms with E-state index in [0.29, 0.717) is 0 Å². The lowest BCUT2D eigenvalue weighted by molar-refractivity contribution is 0.271. The second-order valence-electron chi connectivity index (χ2n) is 14.8. The van der Waals surface area contributed by atoms with Crippen molar-refractivity contribution in [1.82, 2.24) is 9.88 Å². The van der Waals surface area contributed by atoms with E-state index in [0.717, 1.165) is 45.2 Å². The number of aromatic nitrogens is 1. The van der Waals surface area contributed by atoms with Gasteiger partial charge < -0.3 is 14.6 Å². The quantitative estimate of drug-likeness (QED) is 0.190. The fourth-order valence-electron chi connectivity index (χ4n) is 9.18. The van der Waals surface area contributed by atoms with Gasteiger partial charge in [-0.25, -0.2) is 9.98 Å². The van der Waals surface area contributed by atoms with Gasteiger partial charge in [-0.15, -0.1) is 11.3 Å². The molecule has 0 amide bonds. The molecule has 1 aliphatic carbocycles. The summed E-state index contributed by atoms with van der Waals surface area (Å²) < 4.78 is 12.0. The Morgan fingerprint density at radius 1 is 0.561 bits per heavy atom. The summed E-state index contributed by atoms with van der Waals surface area (Å²) in [6, 6.07) is 58.1. The van der Waals surface area contributed by atoms with E-state index in [-0.39, 0.29) is 18.2 Å². The first-order valence-corrected chi connectivity index (χ1v) is 20.2. The maximum absolute atomic E-state index is 7.07. The van der Waals surface area contributed by atoms with Crippen LogP contribution in [0, 0.1) is 0 Å². The van der Waals surface area contributed by atoms with Crippen molar-refractivity contribution in [1.29, 1.82) is 0 Å². The van der Waals surface area contributed by atoms with Crippen molar-refractivity contribution in [2.24, 2.45) is 9.98 Å². The summed E-state index contributed by atoms with van der Waals surface area (Å²) in [4.78, 5) is 10.4. The Kier molecular flexibility index (Phi) is 7.22. The molecule has 2 aromatic heterocycles. The van der Waals surface area contributed by atoms with Gasteiger partial charge in [-0.3, -0.25) is 0 Å². The highest BCUT2D eigenvalue weighted by atomic mass is 32.1. The molecule has 5 nitrogen and oxygen atoms in total. The Hall–Kier alpha value is -7.02. The van der Waals surface area contributed by atoms with Gasteiger partial charge in [0.1, 0.15) is 23.5 Å². The smallest absolute Gasteiger partial charge is 0.169 e. The molecule has 3 aliphatic rings. The number of amidine groups is 2. The van der Waals surface area contributed by atoms with Crippen LogP contribution in [-0.2, 0) is 0 Å². The first-order valence-electron chi connectivity index (χ1n) is 19.4. The van der Waals surface area contributed by atoms with E-state index in [1.807, 2.05) is 23.5 Å². The molecule has 12 rings (SSSR count). The van der Waals surface area contributed by atoms with Gasteiger partial charge in [0.05, 0.1) is 17.0 Å². The Labute approximate surface area is 333 Å². The van der Waals surface area contributed by atoms with Crippen LogP contribution in [-0.4, -0.2) is 22.3 Å². The van der Waals surface area contributed by atoms with Crippen LogP contribution in [0.3, 0.4) is 0 Å². The molecule has 0 spiro atoms. The van der Waals surface area contributed by atoms with Crippen molar-refractivity contribution in [2.45, 2.75) is 18.2 Å². The summed E-state index contributed by atoms with van der Waals surface area (Å²) in [5.74, 6) is 2.60. The van der Waals surface area contributed by atoms with Crippen LogP contribution in [0.25, 0.3) is 58.8 Å². The molecule has 0 saturated carbocycles. The molecule has 0 bridgehead atoms. The van der Waals surface area contributed by atoms with Crippen LogP contribution >= 0.6 is 11.3 Å². The number of fused-ring (bicyclic) bond motifs is 9. The molecule has 7 aromatic carbocycles. The van der Waals surface area contributed by atoms with Crippen molar-refractivity contribution in [3.05, 3.63) is 204 Å². The van der Waals surface area contributed by atoms with Gasteiger partial charge in [-0.05, 0) is 47.5 Å². The summed E-state index contributed by atoms with van der Waals surface area (Å²) >= 11 is 1.82. The Morgan fingerprint density at radius 3 is 1.93 bits per heavy atom. The number of allylic oxidation sites excluding steroid dienone is 2. The highest BCUT2D eigenvalue weighted by Gasteiger charge is 2.40. The van der Waals surface area contributed by atoms with Crippen molar-refractivity contribution in [3.63, 3.8) is 0 Å². The minimum Gasteiger partial charge on any atom is -0.484 e. The van der Waals surface area contributed by atoms with E-state index in [1.54, 1.807) is 0 Å². The number of nitrogens with one attached hydrogen (secondary N) is 1. The number of para-hydroxylation sites is 3. The van der Waals surface area contributed by atoms with Gasteiger partial charge in [-0.1, -0.05) is 146 Å². The first-order chi connectivity index (χ1) is 28.3. The third-order valence-electron chi connectivity index (χ3n) is 11.6. The number of rotatable bonds is 5. The second kappa shape index (κ2) is 12.8. The molecule has 0 radical (unpaired) electrons. The number of benzene rings is 7. The maximum Gasteiger partial charge on any atom is 0.169 e. The molecule has 0 fully saturated rings. The molecular weight excluding hydrogens is 717 g/mol. The van der Waals surface area contributed by atoms with E-state index in [4.69, 9.17) is 14.7 Å². The summed E-state index contributed by atoms with van der Waals surface area (Å²) in [5, 5.41) is 8.58. The van der Waals surface area contributed by atoms with Crippen LogP contribution in [0.4, 0.5) is 0 Å².